The SMILES string of the molecule is Cc1ccc(C)c(CC(=O)NCCC(=O)Nc2ccc(Br)cc2C)c1. The molecule has 0 spiro atoms. The summed E-state index contributed by atoms with van der Waals surface area (Å²) in [4.78, 5) is 24.1. The topological polar surface area (TPSA) is 58.2 Å². The lowest BCUT2D eigenvalue weighted by Crippen LogP contribution is -2.29. The number of carbonyl (C=O) groups is 2. The predicted molar refractivity (Wildman–Crippen MR) is 105 cm³/mol. The van der Waals surface area contributed by atoms with Crippen molar-refractivity contribution in [3.05, 3.63) is 63.1 Å². The fraction of sp³-hybridized carbons (Fsp3) is 0.300. The standard InChI is InChI=1S/C20H23BrN2O2/c1-13-4-5-14(2)16(10-13)12-20(25)22-9-8-19(24)23-18-7-6-17(21)11-15(18)3/h4-7,10-11H,8-9,12H2,1-3H3,(H,22,25)(H,23,24). The average Bonchev–Trinajstić information content (AvgIpc) is 2.53. The average molecular weight is 403 g/mol. The van der Waals surface area contributed by atoms with Gasteiger partial charge in [-0.15, -0.1) is 0 Å². The van der Waals surface area contributed by atoms with Gasteiger partial charge in [0.1, 0.15) is 0 Å². The molecule has 2 aromatic carbocycles. The first-order valence-corrected chi connectivity index (χ1v) is 9.03. The zero-order valence-electron chi connectivity index (χ0n) is 14.8. The number of nitrogens with one attached hydrogen (secondary N) is 2. The molecule has 0 radical (unpaired) electrons. The van der Waals surface area contributed by atoms with Gasteiger partial charge in [-0.2, -0.15) is 0 Å². The maximum absolute atomic E-state index is 12.1. The van der Waals surface area contributed by atoms with E-state index in [9.17, 15) is 9.59 Å². The Hall–Kier alpha value is -2.14. The van der Waals surface area contributed by atoms with E-state index in [2.05, 4.69) is 26.6 Å². The minimum absolute atomic E-state index is 0.0682. The number of amides is 2. The molecule has 0 saturated heterocycles. The molecule has 132 valence electrons. The summed E-state index contributed by atoms with van der Waals surface area (Å²) in [5.41, 5.74) is 5.03. The van der Waals surface area contributed by atoms with E-state index in [0.29, 0.717) is 13.0 Å². The largest absolute Gasteiger partial charge is 0.355 e. The van der Waals surface area contributed by atoms with Crippen LogP contribution in [-0.2, 0) is 16.0 Å². The Balaban J connectivity index is 1.78. The third-order valence-electron chi connectivity index (χ3n) is 3.99. The van der Waals surface area contributed by atoms with E-state index in [1.54, 1.807) is 0 Å². The molecule has 0 heterocycles. The summed E-state index contributed by atoms with van der Waals surface area (Å²) in [5.74, 6) is -0.182. The highest BCUT2D eigenvalue weighted by Crippen LogP contribution is 2.20. The first kappa shape index (κ1) is 19.2. The summed E-state index contributed by atoms with van der Waals surface area (Å²) in [6, 6.07) is 11.8. The summed E-state index contributed by atoms with van der Waals surface area (Å²) < 4.78 is 0.974. The molecule has 0 saturated carbocycles. The Labute approximate surface area is 157 Å². The second-order valence-electron chi connectivity index (χ2n) is 6.21. The van der Waals surface area contributed by atoms with Gasteiger partial charge in [-0.05, 0) is 55.7 Å². The Morgan fingerprint density at radius 1 is 0.960 bits per heavy atom. The van der Waals surface area contributed by atoms with Crippen LogP contribution in [0.5, 0.6) is 0 Å². The van der Waals surface area contributed by atoms with Gasteiger partial charge in [0.15, 0.2) is 0 Å². The Morgan fingerprint density at radius 3 is 2.44 bits per heavy atom. The van der Waals surface area contributed by atoms with Gasteiger partial charge in [-0.25, -0.2) is 0 Å². The van der Waals surface area contributed by atoms with Crippen LogP contribution >= 0.6 is 15.9 Å². The molecule has 0 aliphatic carbocycles. The lowest BCUT2D eigenvalue weighted by atomic mass is 10.0. The molecule has 2 rings (SSSR count). The molecular formula is C20H23BrN2O2. The third-order valence-corrected chi connectivity index (χ3v) is 4.49. The van der Waals surface area contributed by atoms with Gasteiger partial charge in [0.05, 0.1) is 6.42 Å². The fourth-order valence-corrected chi connectivity index (χ4v) is 3.00. The number of carbonyl (C=O) groups excluding carboxylic acids is 2. The maximum Gasteiger partial charge on any atom is 0.226 e. The zero-order valence-corrected chi connectivity index (χ0v) is 16.4. The monoisotopic (exact) mass is 402 g/mol. The van der Waals surface area contributed by atoms with Crippen molar-refractivity contribution in [3.63, 3.8) is 0 Å². The van der Waals surface area contributed by atoms with Crippen LogP contribution in [0, 0.1) is 20.8 Å². The fourth-order valence-electron chi connectivity index (χ4n) is 2.52. The van der Waals surface area contributed by atoms with Crippen molar-refractivity contribution in [2.75, 3.05) is 11.9 Å². The first-order chi connectivity index (χ1) is 11.8. The number of anilines is 1. The van der Waals surface area contributed by atoms with Crippen molar-refractivity contribution in [1.82, 2.24) is 5.32 Å². The zero-order chi connectivity index (χ0) is 18.4. The number of hydrogen-bond donors (Lipinski definition) is 2. The molecule has 5 heteroatoms. The second kappa shape index (κ2) is 8.81. The van der Waals surface area contributed by atoms with E-state index < -0.39 is 0 Å². The smallest absolute Gasteiger partial charge is 0.226 e. The molecule has 0 atom stereocenters. The minimum atomic E-state index is -0.113. The van der Waals surface area contributed by atoms with Crippen molar-refractivity contribution < 1.29 is 9.59 Å². The summed E-state index contributed by atoms with van der Waals surface area (Å²) >= 11 is 3.40. The normalized spacial score (nSPS) is 10.4. The number of hydrogen-bond acceptors (Lipinski definition) is 2. The van der Waals surface area contributed by atoms with Gasteiger partial charge in [0.25, 0.3) is 0 Å². The third kappa shape index (κ3) is 6.02. The van der Waals surface area contributed by atoms with E-state index in [4.69, 9.17) is 0 Å². The van der Waals surface area contributed by atoms with Gasteiger partial charge in [-0.1, -0.05) is 39.7 Å². The number of benzene rings is 2. The summed E-state index contributed by atoms with van der Waals surface area (Å²) in [6.45, 7) is 6.27. The van der Waals surface area contributed by atoms with Crippen LogP contribution in [0.2, 0.25) is 0 Å². The van der Waals surface area contributed by atoms with Crippen LogP contribution in [-0.4, -0.2) is 18.4 Å². The van der Waals surface area contributed by atoms with Crippen molar-refractivity contribution in [1.29, 1.82) is 0 Å². The van der Waals surface area contributed by atoms with Crippen molar-refractivity contribution >= 4 is 33.4 Å². The van der Waals surface area contributed by atoms with Crippen LogP contribution in [0.4, 0.5) is 5.69 Å². The molecule has 0 unspecified atom stereocenters. The van der Waals surface area contributed by atoms with Crippen molar-refractivity contribution in [2.24, 2.45) is 0 Å². The summed E-state index contributed by atoms with van der Waals surface area (Å²) in [7, 11) is 0. The Morgan fingerprint density at radius 2 is 1.72 bits per heavy atom. The van der Waals surface area contributed by atoms with Gasteiger partial charge >= 0.3 is 0 Å². The number of rotatable bonds is 6. The number of aryl methyl sites for hydroxylation is 3. The molecule has 0 fully saturated rings. The van der Waals surface area contributed by atoms with Gasteiger partial charge < -0.3 is 10.6 Å². The Bertz CT molecular complexity index is 787. The highest BCUT2D eigenvalue weighted by atomic mass is 79.9. The van der Waals surface area contributed by atoms with Crippen LogP contribution in [0.3, 0.4) is 0 Å². The maximum atomic E-state index is 12.1. The van der Waals surface area contributed by atoms with E-state index in [1.165, 1.54) is 0 Å². The highest BCUT2D eigenvalue weighted by Gasteiger charge is 2.08. The highest BCUT2D eigenvalue weighted by molar-refractivity contribution is 9.10. The molecule has 0 aromatic heterocycles. The molecule has 25 heavy (non-hydrogen) atoms. The summed E-state index contributed by atoms with van der Waals surface area (Å²) in [6.07, 6.45) is 0.578. The molecule has 0 aliphatic heterocycles. The van der Waals surface area contributed by atoms with Crippen molar-refractivity contribution in [3.8, 4) is 0 Å². The van der Waals surface area contributed by atoms with Crippen LogP contribution < -0.4 is 10.6 Å². The van der Waals surface area contributed by atoms with Crippen LogP contribution in [0.25, 0.3) is 0 Å². The summed E-state index contributed by atoms with van der Waals surface area (Å²) in [5, 5.41) is 5.68. The molecule has 2 aromatic rings. The second-order valence-corrected chi connectivity index (χ2v) is 7.13. The minimum Gasteiger partial charge on any atom is -0.355 e. The molecule has 0 aliphatic rings. The van der Waals surface area contributed by atoms with E-state index >= 15 is 0 Å². The number of halogens is 1. The Kier molecular flexibility index (Phi) is 6.76. The van der Waals surface area contributed by atoms with E-state index in [-0.39, 0.29) is 18.2 Å². The molecule has 0 bridgehead atoms. The lowest BCUT2D eigenvalue weighted by molar-refractivity contribution is -0.120. The lowest BCUT2D eigenvalue weighted by Gasteiger charge is -2.10. The first-order valence-electron chi connectivity index (χ1n) is 8.24. The van der Waals surface area contributed by atoms with Gasteiger partial charge in [0.2, 0.25) is 11.8 Å². The molecule has 2 N–H and O–H groups in total. The van der Waals surface area contributed by atoms with Crippen LogP contribution in [0.15, 0.2) is 40.9 Å². The molecular weight excluding hydrogens is 380 g/mol. The van der Waals surface area contributed by atoms with Crippen molar-refractivity contribution in [2.45, 2.75) is 33.6 Å². The quantitative estimate of drug-likeness (QED) is 0.764. The molecule has 4 nitrogen and oxygen atoms in total. The van der Waals surface area contributed by atoms with Gasteiger partial charge in [-0.3, -0.25) is 9.59 Å². The van der Waals surface area contributed by atoms with E-state index in [1.807, 2.05) is 57.2 Å². The van der Waals surface area contributed by atoms with E-state index in [0.717, 1.165) is 32.4 Å². The van der Waals surface area contributed by atoms with Gasteiger partial charge in [0, 0.05) is 23.1 Å². The van der Waals surface area contributed by atoms with Crippen LogP contribution in [0.1, 0.15) is 28.7 Å². The molecule has 2 amide bonds. The predicted octanol–water partition coefficient (Wildman–Crippen LogP) is 4.06.